The molecule has 1 amide bonds. The Kier molecular flexibility index (Phi) is 7.12. The third-order valence-electron chi connectivity index (χ3n) is 4.62. The maximum absolute atomic E-state index is 13.3. The Hall–Kier alpha value is -2.61. The van der Waals surface area contributed by atoms with Gasteiger partial charge in [-0.05, 0) is 36.4 Å². The summed E-state index contributed by atoms with van der Waals surface area (Å²) in [6.07, 6.45) is 0.885. The molecule has 1 aliphatic rings. The van der Waals surface area contributed by atoms with Gasteiger partial charge in [-0.2, -0.15) is 4.31 Å². The summed E-state index contributed by atoms with van der Waals surface area (Å²) in [5.74, 6) is -3.06. The lowest BCUT2D eigenvalue weighted by Crippen LogP contribution is -2.40. The van der Waals surface area contributed by atoms with Crippen molar-refractivity contribution < 1.29 is 35.1 Å². The number of nitrogens with zero attached hydrogens (tertiary/aromatic N) is 2. The first-order chi connectivity index (χ1) is 15.0. The van der Waals surface area contributed by atoms with Gasteiger partial charge in [0.1, 0.15) is 6.54 Å². The van der Waals surface area contributed by atoms with Gasteiger partial charge >= 0.3 is 0 Å². The standard InChI is InChI=1S/C19H21F2N3O6S2/c1-31(26,27)24(13-19(25)22-14-2-7-17(20)18(21)12-14)15-3-5-16(6-4-15)32(28,29)23-8-10-30-11-9-23/h2-7,12H,8-11,13H2,1H3,(H,22,25). The van der Waals surface area contributed by atoms with Crippen molar-refractivity contribution in [3.63, 3.8) is 0 Å². The predicted octanol–water partition coefficient (Wildman–Crippen LogP) is 1.39. The molecule has 32 heavy (non-hydrogen) atoms. The van der Waals surface area contributed by atoms with Gasteiger partial charge in [-0.15, -0.1) is 0 Å². The van der Waals surface area contributed by atoms with Crippen molar-refractivity contribution in [3.05, 3.63) is 54.1 Å². The summed E-state index contributed by atoms with van der Waals surface area (Å²) in [6.45, 7) is 0.333. The van der Waals surface area contributed by atoms with E-state index < -0.39 is 44.1 Å². The minimum Gasteiger partial charge on any atom is -0.379 e. The van der Waals surface area contributed by atoms with Crippen molar-refractivity contribution >= 4 is 37.3 Å². The normalized spacial score (nSPS) is 15.3. The molecule has 9 nitrogen and oxygen atoms in total. The van der Waals surface area contributed by atoms with E-state index in [2.05, 4.69) is 5.32 Å². The molecule has 0 saturated carbocycles. The average molecular weight is 490 g/mol. The highest BCUT2D eigenvalue weighted by Crippen LogP contribution is 2.23. The summed E-state index contributed by atoms with van der Waals surface area (Å²) in [5, 5.41) is 2.29. The van der Waals surface area contributed by atoms with E-state index in [1.807, 2.05) is 0 Å². The van der Waals surface area contributed by atoms with Gasteiger partial charge in [0.05, 0.1) is 30.1 Å². The average Bonchev–Trinajstić information content (AvgIpc) is 2.74. The molecular formula is C19H21F2N3O6S2. The van der Waals surface area contributed by atoms with Gasteiger partial charge in [0.25, 0.3) is 0 Å². The largest absolute Gasteiger partial charge is 0.379 e. The SMILES string of the molecule is CS(=O)(=O)N(CC(=O)Nc1ccc(F)c(F)c1)c1ccc(S(=O)(=O)N2CCOCC2)cc1. The molecule has 0 aromatic heterocycles. The number of carbonyl (C=O) groups excluding carboxylic acids is 1. The highest BCUT2D eigenvalue weighted by Gasteiger charge is 2.27. The number of morpholine rings is 1. The fourth-order valence-electron chi connectivity index (χ4n) is 3.03. The molecule has 3 rings (SSSR count). The molecule has 13 heteroatoms. The first-order valence-electron chi connectivity index (χ1n) is 9.39. The van der Waals surface area contributed by atoms with E-state index in [-0.39, 0.29) is 42.6 Å². The number of hydrogen-bond donors (Lipinski definition) is 1. The van der Waals surface area contributed by atoms with Crippen molar-refractivity contribution in [1.82, 2.24) is 4.31 Å². The molecule has 0 atom stereocenters. The molecule has 0 aliphatic carbocycles. The molecule has 0 spiro atoms. The van der Waals surface area contributed by atoms with Crippen LogP contribution in [0.5, 0.6) is 0 Å². The fourth-order valence-corrected chi connectivity index (χ4v) is 5.29. The molecule has 1 saturated heterocycles. The second kappa shape index (κ2) is 9.48. The fraction of sp³-hybridized carbons (Fsp3) is 0.316. The van der Waals surface area contributed by atoms with E-state index in [0.717, 1.165) is 28.8 Å². The van der Waals surface area contributed by atoms with Crippen LogP contribution in [0.15, 0.2) is 47.4 Å². The Balaban J connectivity index is 1.78. The van der Waals surface area contributed by atoms with Gasteiger partial charge in [-0.3, -0.25) is 9.10 Å². The van der Waals surface area contributed by atoms with E-state index in [0.29, 0.717) is 0 Å². The summed E-state index contributed by atoms with van der Waals surface area (Å²) in [4.78, 5) is 12.3. The topological polar surface area (TPSA) is 113 Å². The second-order valence-corrected chi connectivity index (χ2v) is 10.8. The highest BCUT2D eigenvalue weighted by molar-refractivity contribution is 7.92. The number of halogens is 2. The Morgan fingerprint density at radius 1 is 1.03 bits per heavy atom. The quantitative estimate of drug-likeness (QED) is 0.629. The molecule has 2 aromatic carbocycles. The molecule has 1 N–H and O–H groups in total. The van der Waals surface area contributed by atoms with Gasteiger partial charge in [0.15, 0.2) is 11.6 Å². The molecule has 2 aromatic rings. The minimum atomic E-state index is -3.93. The van der Waals surface area contributed by atoms with E-state index in [9.17, 15) is 30.4 Å². The van der Waals surface area contributed by atoms with Crippen molar-refractivity contribution in [2.75, 3.05) is 48.7 Å². The van der Waals surface area contributed by atoms with Crippen LogP contribution in [0.25, 0.3) is 0 Å². The van der Waals surface area contributed by atoms with Crippen LogP contribution < -0.4 is 9.62 Å². The summed E-state index contributed by atoms with van der Waals surface area (Å²) >= 11 is 0. The van der Waals surface area contributed by atoms with Gasteiger partial charge in [0, 0.05) is 24.8 Å². The van der Waals surface area contributed by atoms with Crippen LogP contribution in [0.4, 0.5) is 20.2 Å². The summed E-state index contributed by atoms with van der Waals surface area (Å²) in [5.41, 5.74) is 0.0168. The number of carbonyl (C=O) groups is 1. The van der Waals surface area contributed by atoms with Crippen molar-refractivity contribution in [2.24, 2.45) is 0 Å². The first kappa shape index (κ1) is 24.0. The molecule has 0 unspecified atom stereocenters. The maximum atomic E-state index is 13.3. The van der Waals surface area contributed by atoms with Crippen LogP contribution in [-0.4, -0.2) is 66.2 Å². The van der Waals surface area contributed by atoms with Crippen LogP contribution in [0.2, 0.25) is 0 Å². The van der Waals surface area contributed by atoms with Crippen molar-refractivity contribution in [3.8, 4) is 0 Å². The van der Waals surface area contributed by atoms with Crippen LogP contribution in [-0.2, 0) is 29.6 Å². The number of benzene rings is 2. The Labute approximate surface area is 184 Å². The zero-order valence-corrected chi connectivity index (χ0v) is 18.6. The summed E-state index contributed by atoms with van der Waals surface area (Å²) in [7, 11) is -7.70. The number of amides is 1. The summed E-state index contributed by atoms with van der Waals surface area (Å²) in [6, 6.07) is 7.79. The lowest BCUT2D eigenvalue weighted by atomic mass is 10.3. The predicted molar refractivity (Wildman–Crippen MR) is 113 cm³/mol. The van der Waals surface area contributed by atoms with Crippen molar-refractivity contribution in [1.29, 1.82) is 0 Å². The summed E-state index contributed by atoms with van der Waals surface area (Å²) < 4.78 is 83.5. The van der Waals surface area contributed by atoms with E-state index in [1.54, 1.807) is 0 Å². The third kappa shape index (κ3) is 5.59. The Morgan fingerprint density at radius 3 is 2.22 bits per heavy atom. The maximum Gasteiger partial charge on any atom is 0.245 e. The Morgan fingerprint density at radius 2 is 1.66 bits per heavy atom. The third-order valence-corrected chi connectivity index (χ3v) is 7.68. The number of rotatable bonds is 7. The van der Waals surface area contributed by atoms with Gasteiger partial charge < -0.3 is 10.1 Å². The number of ether oxygens (including phenoxy) is 1. The number of hydrogen-bond acceptors (Lipinski definition) is 6. The number of nitrogens with one attached hydrogen (secondary N) is 1. The monoisotopic (exact) mass is 489 g/mol. The lowest BCUT2D eigenvalue weighted by Gasteiger charge is -2.26. The lowest BCUT2D eigenvalue weighted by molar-refractivity contribution is -0.114. The minimum absolute atomic E-state index is 0.0251. The molecule has 1 aliphatic heterocycles. The van der Waals surface area contributed by atoms with Gasteiger partial charge in [0.2, 0.25) is 26.0 Å². The van der Waals surface area contributed by atoms with Crippen LogP contribution in [0.3, 0.4) is 0 Å². The number of anilines is 2. The first-order valence-corrected chi connectivity index (χ1v) is 12.7. The van der Waals surface area contributed by atoms with Crippen LogP contribution >= 0.6 is 0 Å². The molecule has 0 bridgehead atoms. The van der Waals surface area contributed by atoms with Gasteiger partial charge in [-0.25, -0.2) is 25.6 Å². The molecule has 174 valence electrons. The Bertz CT molecular complexity index is 1200. The molecule has 1 heterocycles. The van der Waals surface area contributed by atoms with E-state index in [4.69, 9.17) is 4.74 Å². The van der Waals surface area contributed by atoms with Crippen molar-refractivity contribution in [2.45, 2.75) is 4.90 Å². The smallest absolute Gasteiger partial charge is 0.245 e. The molecule has 1 fully saturated rings. The van der Waals surface area contributed by atoms with E-state index >= 15 is 0 Å². The highest BCUT2D eigenvalue weighted by atomic mass is 32.2. The number of sulfonamides is 2. The second-order valence-electron chi connectivity index (χ2n) is 6.96. The van der Waals surface area contributed by atoms with Gasteiger partial charge in [-0.1, -0.05) is 0 Å². The van der Waals surface area contributed by atoms with Crippen LogP contribution in [0.1, 0.15) is 0 Å². The zero-order valence-electron chi connectivity index (χ0n) is 17.0. The van der Waals surface area contributed by atoms with Crippen LogP contribution in [0, 0.1) is 11.6 Å². The van der Waals surface area contributed by atoms with E-state index in [1.165, 1.54) is 28.6 Å². The molecular weight excluding hydrogens is 468 g/mol. The zero-order chi connectivity index (χ0) is 23.5. The molecule has 0 radical (unpaired) electrons.